The minimum absolute atomic E-state index is 0.0731. The first kappa shape index (κ1) is 25.3. The fourth-order valence-corrected chi connectivity index (χ4v) is 5.95. The number of amides is 5. The van der Waals surface area contributed by atoms with Crippen molar-refractivity contribution in [2.75, 3.05) is 5.32 Å². The van der Waals surface area contributed by atoms with Crippen molar-refractivity contribution in [3.8, 4) is 0 Å². The molecule has 1 unspecified atom stereocenters. The summed E-state index contributed by atoms with van der Waals surface area (Å²) >= 11 is 13.1. The largest absolute Gasteiger partial charge is 0.326 e. The zero-order chi connectivity index (χ0) is 26.6. The van der Waals surface area contributed by atoms with E-state index in [1.807, 2.05) is 0 Å². The number of hydrogen-bond acceptors (Lipinski definition) is 7. The zero-order valence-corrected chi connectivity index (χ0v) is 21.8. The average Bonchev–Trinajstić information content (AvgIpc) is 3.40. The normalized spacial score (nSPS) is 17.7. The van der Waals surface area contributed by atoms with Crippen molar-refractivity contribution >= 4 is 74.3 Å². The zero-order valence-electron chi connectivity index (χ0n) is 19.4. The Balaban J connectivity index is 1.30. The Hall–Kier alpha value is -3.35. The maximum Gasteiger partial charge on any atom is 0.321 e. The van der Waals surface area contributed by atoms with E-state index in [0.29, 0.717) is 16.3 Å². The minimum Gasteiger partial charge on any atom is -0.326 e. The van der Waals surface area contributed by atoms with Crippen LogP contribution < -0.4 is 16.0 Å². The molecule has 0 aliphatic carbocycles. The van der Waals surface area contributed by atoms with Crippen molar-refractivity contribution in [3.63, 3.8) is 0 Å². The van der Waals surface area contributed by atoms with Gasteiger partial charge in [0.25, 0.3) is 5.91 Å². The first-order valence-corrected chi connectivity index (χ1v) is 12.7. The first-order valence-electron chi connectivity index (χ1n) is 11.1. The van der Waals surface area contributed by atoms with Gasteiger partial charge in [0.15, 0.2) is 5.82 Å². The Bertz CT molecular complexity index is 1510. The maximum atomic E-state index is 14.5. The van der Waals surface area contributed by atoms with E-state index in [1.165, 1.54) is 23.1 Å². The van der Waals surface area contributed by atoms with E-state index in [9.17, 15) is 23.6 Å². The highest BCUT2D eigenvalue weighted by atomic mass is 35.5. The second kappa shape index (κ2) is 9.19. The molecular weight excluding hydrogens is 546 g/mol. The third-order valence-electron chi connectivity index (χ3n) is 6.09. The van der Waals surface area contributed by atoms with Gasteiger partial charge in [0.05, 0.1) is 38.1 Å². The molecule has 14 heteroatoms. The van der Waals surface area contributed by atoms with Crippen LogP contribution in [0.4, 0.5) is 15.0 Å². The van der Waals surface area contributed by atoms with Gasteiger partial charge in [0.2, 0.25) is 11.8 Å². The molecule has 3 N–H and O–H groups in total. The minimum atomic E-state index is -1.01. The number of anilines is 1. The number of thiazole rings is 1. The van der Waals surface area contributed by atoms with E-state index in [4.69, 9.17) is 23.2 Å². The van der Waals surface area contributed by atoms with E-state index >= 15 is 0 Å². The molecule has 1 saturated heterocycles. The van der Waals surface area contributed by atoms with Crippen molar-refractivity contribution < 1.29 is 23.6 Å². The maximum absolute atomic E-state index is 14.5. The summed E-state index contributed by atoms with van der Waals surface area (Å²) in [6, 6.07) is 2.92. The molecule has 2 aromatic heterocycles. The summed E-state index contributed by atoms with van der Waals surface area (Å²) in [5.41, 5.74) is -0.0296. The summed E-state index contributed by atoms with van der Waals surface area (Å²) in [7, 11) is 0. The molecule has 37 heavy (non-hydrogen) atoms. The molecular formula is C23H19Cl2FN6O4S. The highest BCUT2D eigenvalue weighted by Gasteiger charge is 2.40. The molecule has 0 saturated carbocycles. The third kappa shape index (κ3) is 4.60. The lowest BCUT2D eigenvalue weighted by molar-refractivity contribution is -0.136. The van der Waals surface area contributed by atoms with Gasteiger partial charge in [0.1, 0.15) is 22.4 Å². The van der Waals surface area contributed by atoms with Gasteiger partial charge in [-0.2, -0.15) is 0 Å². The van der Waals surface area contributed by atoms with Crippen molar-refractivity contribution in [1.29, 1.82) is 0 Å². The highest BCUT2D eigenvalue weighted by Crippen LogP contribution is 2.38. The third-order valence-corrected chi connectivity index (χ3v) is 8.02. The van der Waals surface area contributed by atoms with Crippen molar-refractivity contribution in [2.45, 2.75) is 44.8 Å². The van der Waals surface area contributed by atoms with E-state index in [2.05, 4.69) is 25.9 Å². The smallest absolute Gasteiger partial charge is 0.321 e. The molecule has 0 radical (unpaired) electrons. The van der Waals surface area contributed by atoms with Crippen molar-refractivity contribution in [1.82, 2.24) is 25.5 Å². The van der Waals surface area contributed by atoms with Crippen LogP contribution >= 0.6 is 34.5 Å². The molecule has 192 valence electrons. The van der Waals surface area contributed by atoms with Crippen LogP contribution in [-0.4, -0.2) is 44.7 Å². The molecule has 1 aromatic carbocycles. The number of fused-ring (bicyclic) bond motifs is 2. The molecule has 2 aliphatic rings. The molecule has 1 fully saturated rings. The van der Waals surface area contributed by atoms with Crippen LogP contribution in [0.1, 0.15) is 47.7 Å². The summed E-state index contributed by atoms with van der Waals surface area (Å²) in [6.45, 7) is 3.47. The number of halogens is 3. The van der Waals surface area contributed by atoms with E-state index < -0.39 is 29.3 Å². The fraction of sp³-hybridized carbons (Fsp3) is 0.304. The number of imide groups is 1. The van der Waals surface area contributed by atoms with Crippen LogP contribution in [0, 0.1) is 5.82 Å². The van der Waals surface area contributed by atoms with Gasteiger partial charge in [-0.15, -0.1) is 11.3 Å². The summed E-state index contributed by atoms with van der Waals surface area (Å²) in [4.78, 5) is 59.4. The topological polar surface area (TPSA) is 133 Å². The SMILES string of the molecule is CC(C)(NC(=O)Nc1ccc2c(n1)CN(C1CCC(=O)NC1=O)C2=O)c1nc2c(Cl)cc(Cl)c(F)c2s1. The van der Waals surface area contributed by atoms with Crippen LogP contribution in [0.3, 0.4) is 0 Å². The number of carbonyl (C=O) groups excluding carboxylic acids is 4. The van der Waals surface area contributed by atoms with Crippen LogP contribution in [0.2, 0.25) is 10.0 Å². The highest BCUT2D eigenvalue weighted by molar-refractivity contribution is 7.18. The number of pyridine rings is 1. The molecule has 5 rings (SSSR count). The number of carbonyl (C=O) groups is 4. The molecule has 5 amide bonds. The van der Waals surface area contributed by atoms with Gasteiger partial charge in [-0.3, -0.25) is 25.0 Å². The number of urea groups is 1. The molecule has 2 aliphatic heterocycles. The van der Waals surface area contributed by atoms with Gasteiger partial charge in [-0.25, -0.2) is 19.2 Å². The molecule has 3 aromatic rings. The summed E-state index contributed by atoms with van der Waals surface area (Å²) in [6.07, 6.45) is 0.382. The Labute approximate surface area is 223 Å². The monoisotopic (exact) mass is 564 g/mol. The summed E-state index contributed by atoms with van der Waals surface area (Å²) in [5, 5.41) is 8.15. The van der Waals surface area contributed by atoms with Crippen LogP contribution in [0.25, 0.3) is 10.2 Å². The fourth-order valence-electron chi connectivity index (χ4n) is 4.24. The first-order chi connectivity index (χ1) is 17.4. The van der Waals surface area contributed by atoms with E-state index in [-0.39, 0.29) is 57.3 Å². The molecule has 0 spiro atoms. The Morgan fingerprint density at radius 3 is 2.70 bits per heavy atom. The van der Waals surface area contributed by atoms with Crippen molar-refractivity contribution in [3.05, 3.63) is 50.3 Å². The van der Waals surface area contributed by atoms with E-state index in [0.717, 1.165) is 11.3 Å². The Morgan fingerprint density at radius 2 is 1.97 bits per heavy atom. The quantitative estimate of drug-likeness (QED) is 0.324. The Kier molecular flexibility index (Phi) is 6.29. The molecule has 1 atom stereocenters. The lowest BCUT2D eigenvalue weighted by Gasteiger charge is -2.29. The van der Waals surface area contributed by atoms with Gasteiger partial charge < -0.3 is 10.2 Å². The lowest BCUT2D eigenvalue weighted by Crippen LogP contribution is -2.52. The van der Waals surface area contributed by atoms with E-state index in [1.54, 1.807) is 13.8 Å². The standard InChI is InChI=1S/C23H19Cl2FN6O4S/c1-23(2,21-30-17-11(25)7-10(24)16(26)18(17)37-21)31-22(36)28-14-5-3-9-12(27-14)8-32(20(9)35)13-4-6-15(33)29-19(13)34/h3,5,7,13H,4,6,8H2,1-2H3,(H,29,33,34)(H2,27,28,31,36). The molecule has 4 heterocycles. The van der Waals surface area contributed by atoms with Gasteiger partial charge in [-0.1, -0.05) is 23.2 Å². The summed E-state index contributed by atoms with van der Waals surface area (Å²) in [5.74, 6) is -1.69. The Morgan fingerprint density at radius 1 is 1.22 bits per heavy atom. The average molecular weight is 565 g/mol. The number of benzene rings is 1. The summed E-state index contributed by atoms with van der Waals surface area (Å²) < 4.78 is 14.6. The number of hydrogen-bond donors (Lipinski definition) is 3. The van der Waals surface area contributed by atoms with Crippen LogP contribution in [0.15, 0.2) is 18.2 Å². The number of piperidine rings is 1. The van der Waals surface area contributed by atoms with Gasteiger partial charge in [0, 0.05) is 6.42 Å². The van der Waals surface area contributed by atoms with Crippen LogP contribution in [-0.2, 0) is 21.7 Å². The predicted octanol–water partition coefficient (Wildman–Crippen LogP) is 3.96. The number of aromatic nitrogens is 2. The molecule has 10 nitrogen and oxygen atoms in total. The van der Waals surface area contributed by atoms with Crippen LogP contribution in [0.5, 0.6) is 0 Å². The second-order valence-corrected chi connectivity index (χ2v) is 11.0. The second-order valence-electron chi connectivity index (χ2n) is 9.15. The van der Waals surface area contributed by atoms with Crippen molar-refractivity contribution in [2.24, 2.45) is 0 Å². The molecule has 0 bridgehead atoms. The van der Waals surface area contributed by atoms with Gasteiger partial charge in [-0.05, 0) is 38.5 Å². The number of nitrogens with zero attached hydrogens (tertiary/aromatic N) is 3. The number of rotatable bonds is 4. The lowest BCUT2D eigenvalue weighted by atomic mass is 10.0. The van der Waals surface area contributed by atoms with Gasteiger partial charge >= 0.3 is 6.03 Å². The number of nitrogens with one attached hydrogen (secondary N) is 3. The predicted molar refractivity (Wildman–Crippen MR) is 135 cm³/mol.